The van der Waals surface area contributed by atoms with Gasteiger partial charge in [0.2, 0.25) is 0 Å². The highest BCUT2D eigenvalue weighted by atomic mass is 16.6. The van der Waals surface area contributed by atoms with Gasteiger partial charge < -0.3 is 19.3 Å². The van der Waals surface area contributed by atoms with E-state index in [-0.39, 0.29) is 19.6 Å². The Hall–Kier alpha value is -2.67. The predicted molar refractivity (Wildman–Crippen MR) is 105 cm³/mol. The van der Waals surface area contributed by atoms with Crippen molar-refractivity contribution in [3.8, 4) is 0 Å². The molecule has 0 radical (unpaired) electrons. The molecule has 1 aromatic rings. The number of esters is 2. The molecular weight excluding hydrogens is 376 g/mol. The molecule has 0 spiro atoms. The molecule has 1 aliphatic rings. The summed E-state index contributed by atoms with van der Waals surface area (Å²) in [7, 11) is 0. The Balaban J connectivity index is 2.13. The normalized spacial score (nSPS) is 18.0. The Labute approximate surface area is 170 Å². The van der Waals surface area contributed by atoms with Crippen LogP contribution in [0.1, 0.15) is 32.3 Å². The minimum absolute atomic E-state index is 0.0816. The van der Waals surface area contributed by atoms with E-state index in [1.54, 1.807) is 19.9 Å². The van der Waals surface area contributed by atoms with Crippen LogP contribution in [0.3, 0.4) is 0 Å². The molecule has 0 aliphatic heterocycles. The lowest BCUT2D eigenvalue weighted by atomic mass is 9.62. The minimum Gasteiger partial charge on any atom is -0.481 e. The van der Waals surface area contributed by atoms with Gasteiger partial charge in [0.05, 0.1) is 25.7 Å². The van der Waals surface area contributed by atoms with Crippen LogP contribution in [-0.4, -0.2) is 42.8 Å². The zero-order valence-corrected chi connectivity index (χ0v) is 16.8. The molecule has 0 unspecified atom stereocenters. The Morgan fingerprint density at radius 1 is 1.00 bits per heavy atom. The molecule has 2 atom stereocenters. The van der Waals surface area contributed by atoms with Gasteiger partial charge in [0, 0.05) is 12.5 Å². The molecule has 0 fully saturated rings. The monoisotopic (exact) mass is 404 g/mol. The maximum Gasteiger partial charge on any atom is 0.324 e. The highest BCUT2D eigenvalue weighted by Gasteiger charge is 2.58. The third-order valence-electron chi connectivity index (χ3n) is 5.02. The van der Waals surface area contributed by atoms with E-state index >= 15 is 0 Å². The summed E-state index contributed by atoms with van der Waals surface area (Å²) >= 11 is 0. The molecule has 0 bridgehead atoms. The van der Waals surface area contributed by atoms with Gasteiger partial charge in [0.15, 0.2) is 5.41 Å². The first-order valence-corrected chi connectivity index (χ1v) is 9.84. The molecule has 7 nitrogen and oxygen atoms in total. The predicted octanol–water partition coefficient (Wildman–Crippen LogP) is 2.98. The van der Waals surface area contributed by atoms with Gasteiger partial charge in [-0.15, -0.1) is 0 Å². The molecule has 0 aromatic heterocycles. The van der Waals surface area contributed by atoms with Crippen LogP contribution < -0.4 is 0 Å². The standard InChI is InChI=1S/C22H28O7/c1-3-28-20(25)22(21(26)29-4-2,18-12-11-17(18)19(23)24)13-8-14-27-15-16-9-6-5-7-10-16/h5-7,9-12,17-18H,3-4,8,13-15H2,1-2H3,(H,23,24)/t17-,18-/m1/s1. The van der Waals surface area contributed by atoms with Gasteiger partial charge in [-0.3, -0.25) is 14.4 Å². The molecule has 0 saturated carbocycles. The average molecular weight is 404 g/mol. The molecule has 7 heteroatoms. The third-order valence-corrected chi connectivity index (χ3v) is 5.02. The van der Waals surface area contributed by atoms with E-state index in [9.17, 15) is 19.5 Å². The van der Waals surface area contributed by atoms with Crippen LogP contribution >= 0.6 is 0 Å². The maximum absolute atomic E-state index is 12.9. The molecule has 1 N–H and O–H groups in total. The number of benzene rings is 1. The summed E-state index contributed by atoms with van der Waals surface area (Å²) in [6.07, 6.45) is 3.52. The van der Waals surface area contributed by atoms with Crippen molar-refractivity contribution in [3.63, 3.8) is 0 Å². The smallest absolute Gasteiger partial charge is 0.324 e. The number of carbonyl (C=O) groups is 3. The van der Waals surface area contributed by atoms with Crippen LogP contribution in [0, 0.1) is 17.3 Å². The lowest BCUT2D eigenvalue weighted by Crippen LogP contribution is -2.53. The highest BCUT2D eigenvalue weighted by Crippen LogP contribution is 2.46. The minimum atomic E-state index is -1.69. The number of ether oxygens (including phenoxy) is 3. The van der Waals surface area contributed by atoms with Gasteiger partial charge in [-0.2, -0.15) is 0 Å². The summed E-state index contributed by atoms with van der Waals surface area (Å²) < 4.78 is 16.0. The summed E-state index contributed by atoms with van der Waals surface area (Å²) in [5.41, 5.74) is -0.678. The zero-order chi connectivity index (χ0) is 21.3. The molecule has 0 saturated heterocycles. The van der Waals surface area contributed by atoms with E-state index in [0.717, 1.165) is 5.56 Å². The Morgan fingerprint density at radius 3 is 2.10 bits per heavy atom. The van der Waals surface area contributed by atoms with Crippen molar-refractivity contribution in [2.45, 2.75) is 33.3 Å². The average Bonchev–Trinajstić information content (AvgIpc) is 2.66. The van der Waals surface area contributed by atoms with Crippen molar-refractivity contribution in [2.75, 3.05) is 19.8 Å². The first-order valence-electron chi connectivity index (χ1n) is 9.84. The number of hydrogen-bond donors (Lipinski definition) is 1. The fourth-order valence-electron chi connectivity index (χ4n) is 3.50. The fraction of sp³-hybridized carbons (Fsp3) is 0.500. The number of carboxylic acid groups (broad SMARTS) is 1. The number of aliphatic carboxylic acids is 1. The Morgan fingerprint density at radius 2 is 1.62 bits per heavy atom. The van der Waals surface area contributed by atoms with E-state index in [1.165, 1.54) is 6.08 Å². The molecule has 1 aromatic carbocycles. The molecule has 158 valence electrons. The van der Waals surface area contributed by atoms with Crippen LogP contribution in [0.15, 0.2) is 42.5 Å². The second kappa shape index (κ2) is 10.8. The van der Waals surface area contributed by atoms with E-state index in [0.29, 0.717) is 19.6 Å². The van der Waals surface area contributed by atoms with E-state index in [2.05, 4.69) is 0 Å². The number of hydrogen-bond acceptors (Lipinski definition) is 6. The van der Waals surface area contributed by atoms with Gasteiger partial charge in [-0.25, -0.2) is 0 Å². The fourth-order valence-corrected chi connectivity index (χ4v) is 3.50. The van der Waals surface area contributed by atoms with Gasteiger partial charge in [-0.1, -0.05) is 42.5 Å². The van der Waals surface area contributed by atoms with Crippen molar-refractivity contribution in [2.24, 2.45) is 17.3 Å². The lowest BCUT2D eigenvalue weighted by Gasteiger charge is -2.40. The summed E-state index contributed by atoms with van der Waals surface area (Å²) in [4.78, 5) is 37.3. The summed E-state index contributed by atoms with van der Waals surface area (Å²) in [5, 5.41) is 9.45. The van der Waals surface area contributed by atoms with Crippen molar-refractivity contribution >= 4 is 17.9 Å². The van der Waals surface area contributed by atoms with E-state index < -0.39 is 35.2 Å². The van der Waals surface area contributed by atoms with Gasteiger partial charge in [0.25, 0.3) is 0 Å². The molecule has 2 rings (SSSR count). The Kier molecular flexibility index (Phi) is 8.39. The Bertz CT molecular complexity index is 708. The van der Waals surface area contributed by atoms with Crippen LogP contribution in [0.25, 0.3) is 0 Å². The van der Waals surface area contributed by atoms with Crippen LogP contribution in [0.2, 0.25) is 0 Å². The van der Waals surface area contributed by atoms with Gasteiger partial charge >= 0.3 is 17.9 Å². The second-order valence-corrected chi connectivity index (χ2v) is 6.83. The van der Waals surface area contributed by atoms with E-state index in [4.69, 9.17) is 14.2 Å². The lowest BCUT2D eigenvalue weighted by molar-refractivity contribution is -0.179. The topological polar surface area (TPSA) is 99.1 Å². The molecule has 0 amide bonds. The van der Waals surface area contributed by atoms with E-state index in [1.807, 2.05) is 30.3 Å². The van der Waals surface area contributed by atoms with Crippen molar-refractivity contribution in [1.82, 2.24) is 0 Å². The van der Waals surface area contributed by atoms with Crippen LogP contribution in [-0.2, 0) is 35.2 Å². The zero-order valence-electron chi connectivity index (χ0n) is 16.8. The van der Waals surface area contributed by atoms with Crippen LogP contribution in [0.5, 0.6) is 0 Å². The quantitative estimate of drug-likeness (QED) is 0.247. The number of rotatable bonds is 12. The molecule has 29 heavy (non-hydrogen) atoms. The van der Waals surface area contributed by atoms with Crippen molar-refractivity contribution < 1.29 is 33.7 Å². The number of allylic oxidation sites excluding steroid dienone is 1. The summed E-state index contributed by atoms with van der Waals surface area (Å²) in [6.45, 7) is 4.17. The second-order valence-electron chi connectivity index (χ2n) is 6.83. The van der Waals surface area contributed by atoms with Crippen LogP contribution in [0.4, 0.5) is 0 Å². The first-order chi connectivity index (χ1) is 14.0. The molecular formula is C22H28O7. The maximum atomic E-state index is 12.9. The SMILES string of the molecule is CCOC(=O)C(CCCOCc1ccccc1)(C(=O)OCC)[C@@H]1C=C[C@H]1C(=O)O. The van der Waals surface area contributed by atoms with Crippen molar-refractivity contribution in [3.05, 3.63) is 48.0 Å². The first kappa shape index (κ1) is 22.6. The van der Waals surface area contributed by atoms with Gasteiger partial charge in [0.1, 0.15) is 0 Å². The largest absolute Gasteiger partial charge is 0.481 e. The van der Waals surface area contributed by atoms with Gasteiger partial charge in [-0.05, 0) is 32.3 Å². The number of carboxylic acids is 1. The summed E-state index contributed by atoms with van der Waals surface area (Å²) in [6, 6.07) is 9.64. The molecule has 0 heterocycles. The summed E-state index contributed by atoms with van der Waals surface area (Å²) in [5.74, 6) is -4.33. The van der Waals surface area contributed by atoms with Crippen molar-refractivity contribution in [1.29, 1.82) is 0 Å². The third kappa shape index (κ3) is 5.23. The molecule has 1 aliphatic carbocycles. The number of carbonyl (C=O) groups excluding carboxylic acids is 2. The highest BCUT2D eigenvalue weighted by molar-refractivity contribution is 6.02.